The second kappa shape index (κ2) is 6.78. The largest absolute Gasteiger partial charge is 0.363 e. The lowest BCUT2D eigenvalue weighted by Gasteiger charge is -2.17. The van der Waals surface area contributed by atoms with Gasteiger partial charge in [-0.15, -0.1) is 5.10 Å². The van der Waals surface area contributed by atoms with Crippen molar-refractivity contribution in [3.05, 3.63) is 90.5 Å². The Morgan fingerprint density at radius 2 is 1.50 bits per heavy atom. The molecule has 1 atom stereocenters. The molecule has 0 saturated carbocycles. The highest BCUT2D eigenvalue weighted by Crippen LogP contribution is 2.29. The molecule has 0 amide bonds. The van der Waals surface area contributed by atoms with E-state index in [2.05, 4.69) is 52.9 Å². The van der Waals surface area contributed by atoms with Crippen LogP contribution >= 0.6 is 0 Å². The summed E-state index contributed by atoms with van der Waals surface area (Å²) in [6.45, 7) is 2.14. The van der Waals surface area contributed by atoms with Crippen LogP contribution in [0.4, 0.5) is 5.82 Å². The van der Waals surface area contributed by atoms with Crippen LogP contribution in [-0.4, -0.2) is 19.8 Å². The number of benzene rings is 3. The third-order valence-corrected chi connectivity index (χ3v) is 4.95. The molecule has 2 heterocycles. The molecule has 5 nitrogen and oxygen atoms in total. The van der Waals surface area contributed by atoms with Gasteiger partial charge < -0.3 is 5.32 Å². The Bertz CT molecular complexity index is 1250. The number of hydrogen-bond donors (Lipinski definition) is 1. The van der Waals surface area contributed by atoms with Gasteiger partial charge in [-0.05, 0) is 24.6 Å². The van der Waals surface area contributed by atoms with E-state index >= 15 is 0 Å². The molecule has 3 aromatic carbocycles. The summed E-state index contributed by atoms with van der Waals surface area (Å²) in [5.74, 6) is 0.832. The average molecular weight is 365 g/mol. The quantitative estimate of drug-likeness (QED) is 0.480. The maximum Gasteiger partial charge on any atom is 0.186 e. The number of para-hydroxylation sites is 1. The number of nitrogens with one attached hydrogen (secondary N) is 1. The normalized spacial score (nSPS) is 12.3. The van der Waals surface area contributed by atoms with E-state index in [0.29, 0.717) is 0 Å². The summed E-state index contributed by atoms with van der Waals surface area (Å²) < 4.78 is 1.82. The lowest BCUT2D eigenvalue weighted by Crippen LogP contribution is -2.09. The summed E-state index contributed by atoms with van der Waals surface area (Å²) >= 11 is 0. The molecule has 0 radical (unpaired) electrons. The highest BCUT2D eigenvalue weighted by molar-refractivity contribution is 5.93. The topological polar surface area (TPSA) is 55.1 Å². The molecule has 0 aliphatic carbocycles. The van der Waals surface area contributed by atoms with Gasteiger partial charge in [0.25, 0.3) is 0 Å². The Balaban J connectivity index is 1.69. The van der Waals surface area contributed by atoms with Gasteiger partial charge in [0.2, 0.25) is 0 Å². The van der Waals surface area contributed by atoms with E-state index in [9.17, 15) is 0 Å². The fraction of sp³-hybridized carbons (Fsp3) is 0.0870. The monoisotopic (exact) mass is 365 g/mol. The fourth-order valence-corrected chi connectivity index (χ4v) is 3.49. The van der Waals surface area contributed by atoms with Gasteiger partial charge in [-0.1, -0.05) is 78.0 Å². The van der Waals surface area contributed by atoms with Crippen molar-refractivity contribution in [3.8, 4) is 11.3 Å². The first-order chi connectivity index (χ1) is 13.8. The Hall–Kier alpha value is -3.73. The number of aromatic nitrogens is 4. The molecule has 5 aromatic rings. The van der Waals surface area contributed by atoms with Gasteiger partial charge in [-0.3, -0.25) is 0 Å². The standard InChI is InChI=1S/C23H19N5/c1-16(17-10-4-2-5-11-17)24-22-19-14-8-9-15-20(19)28-23(25-22)21(26-27-28)18-12-6-3-7-13-18/h2-16H,1H3,(H,24,25). The van der Waals surface area contributed by atoms with Crippen molar-refractivity contribution in [2.75, 3.05) is 5.32 Å². The molecule has 0 saturated heterocycles. The van der Waals surface area contributed by atoms with Crippen LogP contribution in [-0.2, 0) is 0 Å². The molecule has 0 fully saturated rings. The lowest BCUT2D eigenvalue weighted by molar-refractivity contribution is 0.862. The van der Waals surface area contributed by atoms with Crippen molar-refractivity contribution in [2.24, 2.45) is 0 Å². The summed E-state index contributed by atoms with van der Waals surface area (Å²) in [5.41, 5.74) is 4.71. The third kappa shape index (κ3) is 2.77. The molecule has 2 aromatic heterocycles. The van der Waals surface area contributed by atoms with Gasteiger partial charge in [0.05, 0.1) is 5.52 Å². The van der Waals surface area contributed by atoms with E-state index in [-0.39, 0.29) is 6.04 Å². The van der Waals surface area contributed by atoms with E-state index in [4.69, 9.17) is 4.98 Å². The molecule has 28 heavy (non-hydrogen) atoms. The molecule has 5 heteroatoms. The zero-order chi connectivity index (χ0) is 18.9. The molecule has 0 aliphatic rings. The van der Waals surface area contributed by atoms with Crippen LogP contribution in [0.15, 0.2) is 84.9 Å². The average Bonchev–Trinajstić information content (AvgIpc) is 3.19. The van der Waals surface area contributed by atoms with Crippen LogP contribution in [0.2, 0.25) is 0 Å². The molecule has 0 aliphatic heterocycles. The number of hydrogen-bond acceptors (Lipinski definition) is 4. The molecule has 0 bridgehead atoms. The predicted molar refractivity (Wildman–Crippen MR) is 112 cm³/mol. The Labute approximate surface area is 162 Å². The minimum absolute atomic E-state index is 0.121. The van der Waals surface area contributed by atoms with Crippen molar-refractivity contribution in [1.82, 2.24) is 19.8 Å². The number of anilines is 1. The van der Waals surface area contributed by atoms with Gasteiger partial charge in [-0.25, -0.2) is 4.98 Å². The Kier molecular flexibility index (Phi) is 3.98. The molecule has 1 N–H and O–H groups in total. The number of fused-ring (bicyclic) bond motifs is 3. The first-order valence-corrected chi connectivity index (χ1v) is 9.32. The maximum absolute atomic E-state index is 4.93. The van der Waals surface area contributed by atoms with Gasteiger partial charge >= 0.3 is 0 Å². The van der Waals surface area contributed by atoms with Gasteiger partial charge in [0.15, 0.2) is 5.65 Å². The molecule has 0 spiro atoms. The van der Waals surface area contributed by atoms with E-state index in [1.54, 1.807) is 0 Å². The Morgan fingerprint density at radius 1 is 0.821 bits per heavy atom. The van der Waals surface area contributed by atoms with Crippen molar-refractivity contribution in [1.29, 1.82) is 0 Å². The van der Waals surface area contributed by atoms with Crippen LogP contribution in [0.5, 0.6) is 0 Å². The zero-order valence-electron chi connectivity index (χ0n) is 15.4. The van der Waals surface area contributed by atoms with Gasteiger partial charge in [0, 0.05) is 17.0 Å². The maximum atomic E-state index is 4.93. The minimum atomic E-state index is 0.121. The highest BCUT2D eigenvalue weighted by atomic mass is 15.4. The van der Waals surface area contributed by atoms with Gasteiger partial charge in [-0.2, -0.15) is 4.52 Å². The predicted octanol–water partition coefficient (Wildman–Crippen LogP) is 5.12. The van der Waals surface area contributed by atoms with Crippen LogP contribution in [0.3, 0.4) is 0 Å². The second-order valence-corrected chi connectivity index (χ2v) is 6.79. The highest BCUT2D eigenvalue weighted by Gasteiger charge is 2.16. The summed E-state index contributed by atoms with van der Waals surface area (Å²) in [6, 6.07) is 28.7. The van der Waals surface area contributed by atoms with Crippen molar-refractivity contribution in [3.63, 3.8) is 0 Å². The first-order valence-electron chi connectivity index (χ1n) is 9.32. The van der Waals surface area contributed by atoms with Crippen LogP contribution in [0.25, 0.3) is 27.8 Å². The zero-order valence-corrected chi connectivity index (χ0v) is 15.4. The molecular formula is C23H19N5. The summed E-state index contributed by atoms with van der Waals surface area (Å²) in [6.07, 6.45) is 0. The first kappa shape index (κ1) is 16.4. The Morgan fingerprint density at radius 3 is 2.29 bits per heavy atom. The number of rotatable bonds is 4. The SMILES string of the molecule is CC(Nc1nc2c(-c3ccccc3)nnn2c2ccccc12)c1ccccc1. The van der Waals surface area contributed by atoms with Crippen molar-refractivity contribution in [2.45, 2.75) is 13.0 Å². The van der Waals surface area contributed by atoms with Crippen molar-refractivity contribution < 1.29 is 0 Å². The van der Waals surface area contributed by atoms with Crippen molar-refractivity contribution >= 4 is 22.4 Å². The molecule has 5 rings (SSSR count). The van der Waals surface area contributed by atoms with Crippen LogP contribution in [0, 0.1) is 0 Å². The van der Waals surface area contributed by atoms with Crippen LogP contribution < -0.4 is 5.32 Å². The molecule has 136 valence electrons. The van der Waals surface area contributed by atoms with E-state index in [0.717, 1.165) is 33.6 Å². The number of nitrogens with zero attached hydrogens (tertiary/aromatic N) is 4. The fourth-order valence-electron chi connectivity index (χ4n) is 3.49. The second-order valence-electron chi connectivity index (χ2n) is 6.79. The summed E-state index contributed by atoms with van der Waals surface area (Å²) in [5, 5.41) is 13.4. The third-order valence-electron chi connectivity index (χ3n) is 4.95. The van der Waals surface area contributed by atoms with E-state index < -0.39 is 0 Å². The summed E-state index contributed by atoms with van der Waals surface area (Å²) in [7, 11) is 0. The van der Waals surface area contributed by atoms with E-state index in [1.807, 2.05) is 59.1 Å². The van der Waals surface area contributed by atoms with Gasteiger partial charge in [0.1, 0.15) is 11.5 Å². The van der Waals surface area contributed by atoms with Crippen LogP contribution in [0.1, 0.15) is 18.5 Å². The minimum Gasteiger partial charge on any atom is -0.363 e. The lowest BCUT2D eigenvalue weighted by atomic mass is 10.1. The molecule has 1 unspecified atom stereocenters. The molecular weight excluding hydrogens is 346 g/mol. The van der Waals surface area contributed by atoms with E-state index in [1.165, 1.54) is 5.56 Å². The summed E-state index contributed by atoms with van der Waals surface area (Å²) in [4.78, 5) is 4.93. The smallest absolute Gasteiger partial charge is 0.186 e.